The van der Waals surface area contributed by atoms with Gasteiger partial charge < -0.3 is 4.74 Å². The van der Waals surface area contributed by atoms with Crippen molar-refractivity contribution in [3.63, 3.8) is 0 Å². The molecule has 0 bridgehead atoms. The number of pyridine rings is 1. The summed E-state index contributed by atoms with van der Waals surface area (Å²) in [6.45, 7) is 2.16. The Morgan fingerprint density at radius 1 is 1.00 bits per heavy atom. The number of ether oxygens (including phenoxy) is 1. The van der Waals surface area contributed by atoms with Crippen molar-refractivity contribution in [2.24, 2.45) is 0 Å². The van der Waals surface area contributed by atoms with Crippen molar-refractivity contribution in [3.05, 3.63) is 77.4 Å². The van der Waals surface area contributed by atoms with Crippen molar-refractivity contribution in [3.8, 4) is 11.6 Å². The molecule has 0 aliphatic rings. The molecule has 0 aliphatic heterocycles. The van der Waals surface area contributed by atoms with E-state index in [4.69, 9.17) is 16.3 Å². The van der Waals surface area contributed by atoms with Gasteiger partial charge in [0.1, 0.15) is 11.4 Å². The van der Waals surface area contributed by atoms with Gasteiger partial charge in [-0.25, -0.2) is 13.4 Å². The van der Waals surface area contributed by atoms with Gasteiger partial charge in [-0.2, -0.15) is 0 Å². The minimum Gasteiger partial charge on any atom is -0.437 e. The van der Waals surface area contributed by atoms with E-state index in [1.165, 1.54) is 12.6 Å². The number of nitrogens with one attached hydrogen (secondary N) is 1. The molecular weight excluding hydrogens is 408 g/mol. The van der Waals surface area contributed by atoms with Crippen molar-refractivity contribution in [1.29, 1.82) is 0 Å². The first kappa shape index (κ1) is 21.1. The van der Waals surface area contributed by atoms with Gasteiger partial charge >= 0.3 is 0 Å². The molecule has 5 nitrogen and oxygen atoms in total. The molecule has 29 heavy (non-hydrogen) atoms. The van der Waals surface area contributed by atoms with E-state index >= 15 is 0 Å². The summed E-state index contributed by atoms with van der Waals surface area (Å²) in [4.78, 5) is 4.34. The molecule has 3 aromatic rings. The van der Waals surface area contributed by atoms with Crippen LogP contribution in [0.2, 0.25) is 5.02 Å². The minimum absolute atomic E-state index is 0.162. The molecule has 0 radical (unpaired) electrons. The zero-order valence-corrected chi connectivity index (χ0v) is 17.7. The van der Waals surface area contributed by atoms with Crippen molar-refractivity contribution >= 4 is 27.3 Å². The quantitative estimate of drug-likeness (QED) is 0.419. The molecule has 3 rings (SSSR count). The lowest BCUT2D eigenvalue weighted by Crippen LogP contribution is -2.14. The summed E-state index contributed by atoms with van der Waals surface area (Å²) in [5.41, 5.74) is 1.39. The second-order valence-corrected chi connectivity index (χ2v) is 8.74. The minimum atomic E-state index is -3.77. The number of benzene rings is 2. The monoisotopic (exact) mass is 430 g/mol. The lowest BCUT2D eigenvalue weighted by Gasteiger charge is -2.13. The van der Waals surface area contributed by atoms with E-state index in [0.717, 1.165) is 24.8 Å². The van der Waals surface area contributed by atoms with Gasteiger partial charge in [-0.05, 0) is 66.9 Å². The number of aromatic nitrogens is 1. The summed E-state index contributed by atoms with van der Waals surface area (Å²) < 4.78 is 33.9. The van der Waals surface area contributed by atoms with E-state index in [1.54, 1.807) is 48.5 Å². The molecule has 0 saturated carbocycles. The summed E-state index contributed by atoms with van der Waals surface area (Å²) in [5.74, 6) is 0.666. The highest BCUT2D eigenvalue weighted by Crippen LogP contribution is 2.29. The number of hydrogen-bond acceptors (Lipinski definition) is 4. The highest BCUT2D eigenvalue weighted by atomic mass is 35.5. The number of nitrogens with zero attached hydrogens (tertiary/aromatic N) is 1. The highest BCUT2D eigenvalue weighted by molar-refractivity contribution is 7.92. The molecule has 0 unspecified atom stereocenters. The number of hydrogen-bond donors (Lipinski definition) is 1. The number of halogens is 1. The molecule has 0 spiro atoms. The number of unbranched alkanes of at least 4 members (excludes halogenated alkanes) is 2. The first-order valence-corrected chi connectivity index (χ1v) is 11.3. The molecule has 1 N–H and O–H groups in total. The zero-order chi connectivity index (χ0) is 20.7. The number of sulfonamides is 1. The largest absolute Gasteiger partial charge is 0.437 e. The van der Waals surface area contributed by atoms with Gasteiger partial charge in [0.15, 0.2) is 0 Å². The summed E-state index contributed by atoms with van der Waals surface area (Å²) in [6.07, 6.45) is 5.90. The molecule has 0 fully saturated rings. The molecule has 1 heterocycles. The summed E-state index contributed by atoms with van der Waals surface area (Å²) in [5, 5.41) is 0.581. The molecular formula is C22H23ClN2O3S. The third-order valence-electron chi connectivity index (χ3n) is 4.35. The smallest absolute Gasteiger partial charge is 0.262 e. The Hall–Kier alpha value is -2.57. The third kappa shape index (κ3) is 5.95. The van der Waals surface area contributed by atoms with Crippen LogP contribution in [-0.2, 0) is 16.4 Å². The second kappa shape index (κ2) is 9.76. The summed E-state index contributed by atoms with van der Waals surface area (Å²) >= 11 is 5.88. The Labute approximate surface area is 176 Å². The van der Waals surface area contributed by atoms with Crippen molar-refractivity contribution in [2.75, 3.05) is 4.72 Å². The lowest BCUT2D eigenvalue weighted by atomic mass is 10.1. The molecule has 0 amide bonds. The first-order chi connectivity index (χ1) is 14.0. The Morgan fingerprint density at radius 2 is 1.72 bits per heavy atom. The van der Waals surface area contributed by atoms with Crippen LogP contribution in [0, 0.1) is 0 Å². The normalized spacial score (nSPS) is 11.2. The second-order valence-electron chi connectivity index (χ2n) is 6.62. The predicted octanol–water partition coefficient (Wildman–Crippen LogP) is 6.06. The predicted molar refractivity (Wildman–Crippen MR) is 116 cm³/mol. The van der Waals surface area contributed by atoms with E-state index in [2.05, 4.69) is 16.6 Å². The lowest BCUT2D eigenvalue weighted by molar-refractivity contribution is 0.465. The molecule has 152 valence electrons. The molecule has 0 aliphatic carbocycles. The van der Waals surface area contributed by atoms with Crippen molar-refractivity contribution < 1.29 is 13.2 Å². The van der Waals surface area contributed by atoms with E-state index in [9.17, 15) is 8.42 Å². The Bertz CT molecular complexity index is 1040. The first-order valence-electron chi connectivity index (χ1n) is 9.48. The van der Waals surface area contributed by atoms with Gasteiger partial charge in [0, 0.05) is 11.2 Å². The average Bonchev–Trinajstić information content (AvgIpc) is 2.71. The number of rotatable bonds is 9. The van der Waals surface area contributed by atoms with Gasteiger partial charge in [0.05, 0.1) is 4.90 Å². The fourth-order valence-electron chi connectivity index (χ4n) is 2.78. The fraction of sp³-hybridized carbons (Fsp3) is 0.227. The van der Waals surface area contributed by atoms with E-state index < -0.39 is 10.0 Å². The molecule has 2 aromatic carbocycles. The third-order valence-corrected chi connectivity index (χ3v) is 5.98. The Morgan fingerprint density at radius 3 is 2.41 bits per heavy atom. The SMILES string of the molecule is CCCCCc1ccc(S(=O)(=O)Nc2cccnc2Oc2ccc(Cl)cc2)cc1. The van der Waals surface area contributed by atoms with Crippen LogP contribution in [0.15, 0.2) is 71.8 Å². The molecule has 1 aromatic heterocycles. The van der Waals surface area contributed by atoms with Crippen LogP contribution in [-0.4, -0.2) is 13.4 Å². The average molecular weight is 431 g/mol. The topological polar surface area (TPSA) is 68.3 Å². The van der Waals surface area contributed by atoms with Crippen LogP contribution in [0.1, 0.15) is 31.7 Å². The summed E-state index contributed by atoms with van der Waals surface area (Å²) in [7, 11) is -3.77. The highest BCUT2D eigenvalue weighted by Gasteiger charge is 2.17. The summed E-state index contributed by atoms with van der Waals surface area (Å²) in [6, 6.07) is 17.0. The standard InChI is InChI=1S/C22H23ClN2O3S/c1-2-3-4-6-17-8-14-20(15-9-17)29(26,27)25-21-7-5-16-24-22(21)28-19-12-10-18(23)11-13-19/h5,7-16,25H,2-4,6H2,1H3. The van der Waals surface area contributed by atoms with E-state index in [-0.39, 0.29) is 16.5 Å². The number of aryl methyl sites for hydroxylation is 1. The molecule has 0 atom stereocenters. The maximum absolute atomic E-state index is 12.8. The Balaban J connectivity index is 1.75. The van der Waals surface area contributed by atoms with E-state index in [0.29, 0.717) is 10.8 Å². The van der Waals surface area contributed by atoms with Crippen molar-refractivity contribution in [1.82, 2.24) is 4.98 Å². The molecule has 7 heteroatoms. The van der Waals surface area contributed by atoms with Crippen LogP contribution < -0.4 is 9.46 Å². The zero-order valence-electron chi connectivity index (χ0n) is 16.1. The molecule has 0 saturated heterocycles. The van der Waals surface area contributed by atoms with Gasteiger partial charge in [-0.15, -0.1) is 0 Å². The van der Waals surface area contributed by atoms with Crippen LogP contribution >= 0.6 is 11.6 Å². The van der Waals surface area contributed by atoms with Gasteiger partial charge in [-0.1, -0.05) is 43.5 Å². The van der Waals surface area contributed by atoms with Gasteiger partial charge in [0.2, 0.25) is 5.88 Å². The Kier molecular flexibility index (Phi) is 7.12. The van der Waals surface area contributed by atoms with Crippen LogP contribution in [0.5, 0.6) is 11.6 Å². The van der Waals surface area contributed by atoms with E-state index in [1.807, 2.05) is 12.1 Å². The van der Waals surface area contributed by atoms with Crippen LogP contribution in [0.25, 0.3) is 0 Å². The van der Waals surface area contributed by atoms with Crippen LogP contribution in [0.3, 0.4) is 0 Å². The maximum atomic E-state index is 12.8. The van der Waals surface area contributed by atoms with Crippen LogP contribution in [0.4, 0.5) is 5.69 Å². The fourth-order valence-corrected chi connectivity index (χ4v) is 3.97. The van der Waals surface area contributed by atoms with Gasteiger partial charge in [0.25, 0.3) is 10.0 Å². The van der Waals surface area contributed by atoms with Crippen molar-refractivity contribution in [2.45, 2.75) is 37.5 Å². The maximum Gasteiger partial charge on any atom is 0.262 e. The van der Waals surface area contributed by atoms with Gasteiger partial charge in [-0.3, -0.25) is 4.72 Å². The number of anilines is 1.